The zero-order chi connectivity index (χ0) is 20.2. The number of aromatic nitrogens is 3. The summed E-state index contributed by atoms with van der Waals surface area (Å²) in [5.74, 6) is 3.58. The SMILES string of the molecule is COc1cc(NC2CCCN(c3cc(-c4nc(C)no4)ccn3)C2)cc(OC)c1. The standard InChI is InChI=1S/C21H25N5O3/c1-14-23-21(29-25-14)15-6-7-22-20(9-15)26-8-4-5-16(13-26)24-17-10-18(27-2)12-19(11-17)28-3/h6-7,9-12,16,24H,4-5,8,13H2,1-3H3. The van der Waals surface area contributed by atoms with E-state index in [1.54, 1.807) is 20.4 Å². The number of pyridine rings is 1. The second-order valence-corrected chi connectivity index (χ2v) is 7.08. The number of hydrogen-bond acceptors (Lipinski definition) is 8. The first-order valence-corrected chi connectivity index (χ1v) is 9.66. The summed E-state index contributed by atoms with van der Waals surface area (Å²) in [6.07, 6.45) is 3.94. The summed E-state index contributed by atoms with van der Waals surface area (Å²) in [6.45, 7) is 3.61. The van der Waals surface area contributed by atoms with Crippen molar-refractivity contribution in [3.8, 4) is 23.0 Å². The van der Waals surface area contributed by atoms with E-state index >= 15 is 0 Å². The minimum absolute atomic E-state index is 0.289. The van der Waals surface area contributed by atoms with Crippen molar-refractivity contribution >= 4 is 11.5 Å². The van der Waals surface area contributed by atoms with Crippen molar-refractivity contribution in [2.45, 2.75) is 25.8 Å². The van der Waals surface area contributed by atoms with Gasteiger partial charge in [0.25, 0.3) is 5.89 Å². The first-order chi connectivity index (χ1) is 14.1. The van der Waals surface area contributed by atoms with Crippen LogP contribution in [0.5, 0.6) is 11.5 Å². The zero-order valence-electron chi connectivity index (χ0n) is 16.9. The van der Waals surface area contributed by atoms with Crippen LogP contribution in [0.15, 0.2) is 41.1 Å². The summed E-state index contributed by atoms with van der Waals surface area (Å²) in [6, 6.07) is 10.0. The summed E-state index contributed by atoms with van der Waals surface area (Å²) in [7, 11) is 3.31. The van der Waals surface area contributed by atoms with Gasteiger partial charge in [0.15, 0.2) is 5.82 Å². The van der Waals surface area contributed by atoms with Gasteiger partial charge in [0, 0.05) is 54.8 Å². The molecule has 1 aliphatic heterocycles. The lowest BCUT2D eigenvalue weighted by atomic mass is 10.0. The first kappa shape index (κ1) is 19.0. The summed E-state index contributed by atoms with van der Waals surface area (Å²) in [5, 5.41) is 7.48. The van der Waals surface area contributed by atoms with Gasteiger partial charge in [-0.1, -0.05) is 5.16 Å². The van der Waals surface area contributed by atoms with Gasteiger partial charge in [-0.15, -0.1) is 0 Å². The molecule has 0 spiro atoms. The van der Waals surface area contributed by atoms with Gasteiger partial charge in [0.05, 0.1) is 14.2 Å². The Morgan fingerprint density at radius 2 is 1.93 bits per heavy atom. The molecule has 1 N–H and O–H groups in total. The number of benzene rings is 1. The highest BCUT2D eigenvalue weighted by Crippen LogP contribution is 2.28. The summed E-state index contributed by atoms with van der Waals surface area (Å²) in [4.78, 5) is 11.2. The van der Waals surface area contributed by atoms with Crippen molar-refractivity contribution in [2.24, 2.45) is 0 Å². The molecule has 0 aliphatic carbocycles. The number of methoxy groups -OCH3 is 2. The molecule has 152 valence electrons. The molecule has 4 rings (SSSR count). The first-order valence-electron chi connectivity index (χ1n) is 9.66. The molecule has 0 bridgehead atoms. The van der Waals surface area contributed by atoms with Crippen LogP contribution in [0.25, 0.3) is 11.5 Å². The molecule has 1 fully saturated rings. The predicted molar refractivity (Wildman–Crippen MR) is 111 cm³/mol. The van der Waals surface area contributed by atoms with Crippen LogP contribution in [0.3, 0.4) is 0 Å². The molecule has 1 aromatic carbocycles. The molecular formula is C21H25N5O3. The smallest absolute Gasteiger partial charge is 0.258 e. The highest BCUT2D eigenvalue weighted by molar-refractivity contribution is 5.59. The lowest BCUT2D eigenvalue weighted by Crippen LogP contribution is -2.42. The van der Waals surface area contributed by atoms with Gasteiger partial charge in [-0.25, -0.2) is 4.98 Å². The fourth-order valence-corrected chi connectivity index (χ4v) is 3.57. The number of anilines is 2. The Morgan fingerprint density at radius 1 is 1.14 bits per heavy atom. The van der Waals surface area contributed by atoms with Gasteiger partial charge >= 0.3 is 0 Å². The average molecular weight is 395 g/mol. The molecular weight excluding hydrogens is 370 g/mol. The minimum atomic E-state index is 0.289. The zero-order valence-corrected chi connectivity index (χ0v) is 16.9. The van der Waals surface area contributed by atoms with Crippen LogP contribution in [0.4, 0.5) is 11.5 Å². The molecule has 1 unspecified atom stereocenters. The molecule has 0 saturated carbocycles. The third-order valence-corrected chi connectivity index (χ3v) is 4.99. The van der Waals surface area contributed by atoms with Gasteiger partial charge in [0.1, 0.15) is 17.3 Å². The minimum Gasteiger partial charge on any atom is -0.497 e. The van der Waals surface area contributed by atoms with Gasteiger partial charge in [-0.05, 0) is 31.9 Å². The van der Waals surface area contributed by atoms with Crippen LogP contribution in [-0.4, -0.2) is 48.5 Å². The van der Waals surface area contributed by atoms with Crippen molar-refractivity contribution in [2.75, 3.05) is 37.5 Å². The van der Waals surface area contributed by atoms with Gasteiger partial charge in [0.2, 0.25) is 0 Å². The molecule has 1 aliphatic rings. The maximum atomic E-state index is 5.37. The van der Waals surface area contributed by atoms with E-state index in [4.69, 9.17) is 14.0 Å². The normalized spacial score (nSPS) is 16.5. The number of ether oxygens (including phenoxy) is 2. The molecule has 1 atom stereocenters. The lowest BCUT2D eigenvalue weighted by molar-refractivity contribution is 0.394. The Balaban J connectivity index is 1.49. The highest BCUT2D eigenvalue weighted by Gasteiger charge is 2.22. The molecule has 3 aromatic rings. The number of piperidine rings is 1. The number of aryl methyl sites for hydroxylation is 1. The molecule has 29 heavy (non-hydrogen) atoms. The topological polar surface area (TPSA) is 85.5 Å². The lowest BCUT2D eigenvalue weighted by Gasteiger charge is -2.34. The van der Waals surface area contributed by atoms with Crippen molar-refractivity contribution < 1.29 is 14.0 Å². The molecule has 2 aromatic heterocycles. The van der Waals surface area contributed by atoms with Crippen LogP contribution in [0.2, 0.25) is 0 Å². The largest absolute Gasteiger partial charge is 0.497 e. The van der Waals surface area contributed by atoms with E-state index in [2.05, 4.69) is 25.3 Å². The Morgan fingerprint density at radius 3 is 2.62 bits per heavy atom. The molecule has 0 radical (unpaired) electrons. The van der Waals surface area contributed by atoms with Gasteiger partial charge in [-0.3, -0.25) is 0 Å². The Bertz CT molecular complexity index is 952. The van der Waals surface area contributed by atoms with Gasteiger partial charge in [-0.2, -0.15) is 4.98 Å². The van der Waals surface area contributed by atoms with Crippen LogP contribution in [-0.2, 0) is 0 Å². The van der Waals surface area contributed by atoms with Gasteiger partial charge < -0.3 is 24.2 Å². The second-order valence-electron chi connectivity index (χ2n) is 7.08. The van der Waals surface area contributed by atoms with Crippen LogP contribution < -0.4 is 19.7 Å². The van der Waals surface area contributed by atoms with E-state index in [1.807, 2.05) is 37.3 Å². The molecule has 8 heteroatoms. The van der Waals surface area contributed by atoms with E-state index in [9.17, 15) is 0 Å². The third-order valence-electron chi connectivity index (χ3n) is 4.99. The summed E-state index contributed by atoms with van der Waals surface area (Å²) < 4.78 is 16.0. The highest BCUT2D eigenvalue weighted by atomic mass is 16.5. The quantitative estimate of drug-likeness (QED) is 0.678. The molecule has 0 amide bonds. The Labute approximate surface area is 169 Å². The summed E-state index contributed by atoms with van der Waals surface area (Å²) in [5.41, 5.74) is 1.86. The van der Waals surface area contributed by atoms with E-state index in [1.165, 1.54) is 0 Å². The van der Waals surface area contributed by atoms with E-state index in [-0.39, 0.29) is 6.04 Å². The van der Waals surface area contributed by atoms with E-state index in [0.29, 0.717) is 11.7 Å². The number of nitrogens with zero attached hydrogens (tertiary/aromatic N) is 4. The fourth-order valence-electron chi connectivity index (χ4n) is 3.57. The maximum Gasteiger partial charge on any atom is 0.258 e. The van der Waals surface area contributed by atoms with Crippen molar-refractivity contribution in [1.82, 2.24) is 15.1 Å². The third kappa shape index (κ3) is 4.42. The second kappa shape index (κ2) is 8.38. The van der Waals surface area contributed by atoms with Crippen LogP contribution >= 0.6 is 0 Å². The van der Waals surface area contributed by atoms with Crippen molar-refractivity contribution in [3.05, 3.63) is 42.4 Å². The molecule has 1 saturated heterocycles. The molecule has 8 nitrogen and oxygen atoms in total. The average Bonchev–Trinajstić information content (AvgIpc) is 3.20. The number of hydrogen-bond donors (Lipinski definition) is 1. The number of rotatable bonds is 6. The van der Waals surface area contributed by atoms with Crippen LogP contribution in [0.1, 0.15) is 18.7 Å². The Kier molecular flexibility index (Phi) is 5.50. The molecule has 3 heterocycles. The van der Waals surface area contributed by atoms with Crippen LogP contribution in [0, 0.1) is 6.92 Å². The van der Waals surface area contributed by atoms with Crippen molar-refractivity contribution in [1.29, 1.82) is 0 Å². The maximum absolute atomic E-state index is 5.37. The summed E-state index contributed by atoms with van der Waals surface area (Å²) >= 11 is 0. The number of nitrogens with one attached hydrogen (secondary N) is 1. The fraction of sp³-hybridized carbons (Fsp3) is 0.381. The van der Waals surface area contributed by atoms with E-state index in [0.717, 1.165) is 54.5 Å². The monoisotopic (exact) mass is 395 g/mol. The van der Waals surface area contributed by atoms with E-state index < -0.39 is 0 Å². The predicted octanol–water partition coefficient (Wildman–Crippen LogP) is 3.54. The Hall–Kier alpha value is -3.29. The van der Waals surface area contributed by atoms with Crippen molar-refractivity contribution in [3.63, 3.8) is 0 Å².